The highest BCUT2D eigenvalue weighted by molar-refractivity contribution is 9.10. The Kier molecular flexibility index (Phi) is 6.61. The summed E-state index contributed by atoms with van der Waals surface area (Å²) in [4.78, 5) is 31.1. The minimum Gasteiger partial charge on any atom is -0.470 e. The van der Waals surface area contributed by atoms with Gasteiger partial charge in [-0.05, 0) is 59.6 Å². The van der Waals surface area contributed by atoms with Crippen LogP contribution >= 0.6 is 15.9 Å². The van der Waals surface area contributed by atoms with Crippen molar-refractivity contribution in [3.63, 3.8) is 0 Å². The van der Waals surface area contributed by atoms with Gasteiger partial charge >= 0.3 is 0 Å². The average Bonchev–Trinajstić information content (AvgIpc) is 2.80. The van der Waals surface area contributed by atoms with Gasteiger partial charge in [0.15, 0.2) is 0 Å². The Bertz CT molecular complexity index is 1410. The maximum Gasteiger partial charge on any atom is 0.276 e. The molecule has 0 radical (unpaired) electrons. The smallest absolute Gasteiger partial charge is 0.276 e. The zero-order chi connectivity index (χ0) is 24.5. The molecule has 34 heavy (non-hydrogen) atoms. The van der Waals surface area contributed by atoms with Crippen LogP contribution in [0.5, 0.6) is 5.88 Å². The third kappa shape index (κ3) is 5.07. The molecule has 4 rings (SSSR count). The molecule has 0 amide bonds. The summed E-state index contributed by atoms with van der Waals surface area (Å²) in [6, 6.07) is 13.5. The predicted molar refractivity (Wildman–Crippen MR) is 135 cm³/mol. The number of aryl methyl sites for hydroxylation is 2. The van der Waals surface area contributed by atoms with Crippen molar-refractivity contribution in [2.75, 3.05) is 0 Å². The lowest BCUT2D eigenvalue weighted by Gasteiger charge is -2.17. The van der Waals surface area contributed by atoms with Crippen LogP contribution in [-0.4, -0.2) is 24.5 Å². The Morgan fingerprint density at radius 2 is 1.82 bits per heavy atom. The zero-order valence-electron chi connectivity index (χ0n) is 19.8. The van der Waals surface area contributed by atoms with Crippen molar-refractivity contribution in [1.29, 1.82) is 0 Å². The summed E-state index contributed by atoms with van der Waals surface area (Å²) in [5, 5.41) is 0. The van der Waals surface area contributed by atoms with E-state index in [2.05, 4.69) is 51.7 Å². The van der Waals surface area contributed by atoms with Crippen LogP contribution in [0.15, 0.2) is 64.3 Å². The van der Waals surface area contributed by atoms with Gasteiger partial charge in [-0.25, -0.2) is 15.0 Å². The molecule has 174 valence electrons. The van der Waals surface area contributed by atoms with E-state index in [1.165, 1.54) is 10.9 Å². The second kappa shape index (κ2) is 9.46. The quantitative estimate of drug-likeness (QED) is 0.353. The first-order valence-electron chi connectivity index (χ1n) is 10.9. The predicted octanol–water partition coefficient (Wildman–Crippen LogP) is 5.34. The van der Waals surface area contributed by atoms with E-state index in [0.717, 1.165) is 39.7 Å². The van der Waals surface area contributed by atoms with Crippen LogP contribution in [0.2, 0.25) is 0 Å². The van der Waals surface area contributed by atoms with Crippen LogP contribution < -0.4 is 10.3 Å². The number of aromatic nitrogens is 5. The lowest BCUT2D eigenvalue weighted by Crippen LogP contribution is -2.21. The molecule has 0 fully saturated rings. The van der Waals surface area contributed by atoms with E-state index < -0.39 is 0 Å². The minimum absolute atomic E-state index is 0.168. The van der Waals surface area contributed by atoms with Crippen LogP contribution in [0.1, 0.15) is 43.5 Å². The molecule has 0 aliphatic heterocycles. The molecule has 8 heteroatoms. The molecule has 0 spiro atoms. The van der Waals surface area contributed by atoms with Gasteiger partial charge in [-0.2, -0.15) is 0 Å². The van der Waals surface area contributed by atoms with Gasteiger partial charge in [0.2, 0.25) is 5.88 Å². The summed E-state index contributed by atoms with van der Waals surface area (Å²) in [6.45, 7) is 10.3. The topological polar surface area (TPSA) is 82.8 Å². The number of hydrogen-bond acceptors (Lipinski definition) is 6. The SMILES string of the molecule is Cc1cccc(COc2ncn(-c3cc(-c4ccnc(C(C)(C)C)n4)ccc3C)c(=O)c2Br)n1. The van der Waals surface area contributed by atoms with Crippen molar-refractivity contribution in [2.24, 2.45) is 0 Å². The molecule has 0 saturated heterocycles. The number of nitrogens with zero attached hydrogens (tertiary/aromatic N) is 5. The van der Waals surface area contributed by atoms with Gasteiger partial charge in [-0.1, -0.05) is 39.0 Å². The molecule has 4 aromatic rings. The molecule has 7 nitrogen and oxygen atoms in total. The van der Waals surface area contributed by atoms with Crippen molar-refractivity contribution in [2.45, 2.75) is 46.6 Å². The minimum atomic E-state index is -0.263. The van der Waals surface area contributed by atoms with E-state index in [4.69, 9.17) is 9.72 Å². The molecule has 0 atom stereocenters. The third-order valence-corrected chi connectivity index (χ3v) is 5.96. The van der Waals surface area contributed by atoms with Crippen LogP contribution in [0, 0.1) is 13.8 Å². The zero-order valence-corrected chi connectivity index (χ0v) is 21.4. The number of pyridine rings is 1. The molecule has 0 saturated carbocycles. The molecule has 3 aromatic heterocycles. The number of benzene rings is 1. The van der Waals surface area contributed by atoms with E-state index in [1.807, 2.05) is 56.3 Å². The third-order valence-electron chi connectivity index (χ3n) is 5.28. The average molecular weight is 520 g/mol. The standard InChI is InChI=1S/C26H26BrN5O2/c1-16-9-10-18(20-11-12-28-25(31-20)26(3,4)5)13-21(16)32-15-29-23(22(27)24(32)33)34-14-19-8-6-7-17(2)30-19/h6-13,15H,14H2,1-5H3. The van der Waals surface area contributed by atoms with Gasteiger partial charge < -0.3 is 4.74 Å². The molecular formula is C26H26BrN5O2. The normalized spacial score (nSPS) is 11.5. The second-order valence-corrected chi connectivity index (χ2v) is 9.91. The summed E-state index contributed by atoms with van der Waals surface area (Å²) in [6.07, 6.45) is 3.25. The number of rotatable bonds is 5. The van der Waals surface area contributed by atoms with Gasteiger partial charge in [0.25, 0.3) is 5.56 Å². The second-order valence-electron chi connectivity index (χ2n) is 9.11. The van der Waals surface area contributed by atoms with Crippen LogP contribution in [0.25, 0.3) is 16.9 Å². The number of hydrogen-bond donors (Lipinski definition) is 0. The summed E-state index contributed by atoms with van der Waals surface area (Å²) >= 11 is 3.37. The highest BCUT2D eigenvalue weighted by Crippen LogP contribution is 2.26. The Morgan fingerprint density at radius 1 is 1.03 bits per heavy atom. The van der Waals surface area contributed by atoms with E-state index in [-0.39, 0.29) is 27.9 Å². The van der Waals surface area contributed by atoms with Crippen LogP contribution in [0.4, 0.5) is 0 Å². The fraction of sp³-hybridized carbons (Fsp3) is 0.269. The molecule has 0 unspecified atom stereocenters. The first-order chi connectivity index (χ1) is 16.1. The Morgan fingerprint density at radius 3 is 2.56 bits per heavy atom. The van der Waals surface area contributed by atoms with Crippen molar-refractivity contribution >= 4 is 15.9 Å². The molecular weight excluding hydrogens is 494 g/mol. The fourth-order valence-corrected chi connectivity index (χ4v) is 3.83. The Hall–Kier alpha value is -3.39. The largest absolute Gasteiger partial charge is 0.470 e. The summed E-state index contributed by atoms with van der Waals surface area (Å²) in [5.74, 6) is 0.988. The molecule has 0 aliphatic carbocycles. The van der Waals surface area contributed by atoms with E-state index in [0.29, 0.717) is 0 Å². The molecule has 3 heterocycles. The number of ether oxygens (including phenoxy) is 1. The monoisotopic (exact) mass is 519 g/mol. The summed E-state index contributed by atoms with van der Waals surface area (Å²) in [7, 11) is 0. The van der Waals surface area contributed by atoms with E-state index >= 15 is 0 Å². The summed E-state index contributed by atoms with van der Waals surface area (Å²) in [5.41, 5.74) is 4.58. The molecule has 0 aliphatic rings. The fourth-order valence-electron chi connectivity index (χ4n) is 3.42. The first-order valence-corrected chi connectivity index (χ1v) is 11.7. The van der Waals surface area contributed by atoms with Crippen LogP contribution in [-0.2, 0) is 12.0 Å². The maximum absolute atomic E-state index is 13.2. The van der Waals surface area contributed by atoms with Crippen molar-refractivity contribution in [1.82, 2.24) is 24.5 Å². The van der Waals surface area contributed by atoms with Gasteiger partial charge in [0, 0.05) is 22.9 Å². The van der Waals surface area contributed by atoms with Crippen molar-refractivity contribution in [3.8, 4) is 22.8 Å². The van der Waals surface area contributed by atoms with Crippen molar-refractivity contribution in [3.05, 3.63) is 92.6 Å². The molecule has 0 N–H and O–H groups in total. The molecule has 0 bridgehead atoms. The van der Waals surface area contributed by atoms with E-state index in [1.54, 1.807) is 6.20 Å². The van der Waals surface area contributed by atoms with Crippen LogP contribution in [0.3, 0.4) is 0 Å². The van der Waals surface area contributed by atoms with Gasteiger partial charge in [-0.3, -0.25) is 14.3 Å². The van der Waals surface area contributed by atoms with Gasteiger partial charge in [0.05, 0.1) is 17.1 Å². The van der Waals surface area contributed by atoms with E-state index in [9.17, 15) is 4.79 Å². The highest BCUT2D eigenvalue weighted by atomic mass is 79.9. The molecule has 1 aromatic carbocycles. The van der Waals surface area contributed by atoms with Gasteiger partial charge in [0.1, 0.15) is 23.2 Å². The lowest BCUT2D eigenvalue weighted by molar-refractivity contribution is 0.285. The highest BCUT2D eigenvalue weighted by Gasteiger charge is 2.18. The number of halogens is 1. The maximum atomic E-state index is 13.2. The van der Waals surface area contributed by atoms with Crippen molar-refractivity contribution < 1.29 is 4.74 Å². The Balaban J connectivity index is 1.67. The first kappa shape index (κ1) is 23.8. The summed E-state index contributed by atoms with van der Waals surface area (Å²) < 4.78 is 7.53. The van der Waals surface area contributed by atoms with Gasteiger partial charge in [-0.15, -0.1) is 0 Å². The lowest BCUT2D eigenvalue weighted by atomic mass is 9.95. The Labute approximate surface area is 207 Å².